The van der Waals surface area contributed by atoms with E-state index in [1.54, 1.807) is 31.4 Å². The van der Waals surface area contributed by atoms with Crippen molar-refractivity contribution in [1.29, 1.82) is 0 Å². The Bertz CT molecular complexity index is 481. The number of rotatable bonds is 7. The normalized spacial score (nSPS) is 9.70. The lowest BCUT2D eigenvalue weighted by Crippen LogP contribution is -2.29. The van der Waals surface area contributed by atoms with Gasteiger partial charge in [0.1, 0.15) is 5.75 Å². The molecule has 0 aliphatic carbocycles. The Hall–Kier alpha value is -2.37. The Balaban J connectivity index is 2.38. The van der Waals surface area contributed by atoms with E-state index in [2.05, 4.69) is 10.1 Å². The number of esters is 1. The predicted octanol–water partition coefficient (Wildman–Crippen LogP) is 0.947. The van der Waals surface area contributed by atoms with E-state index in [1.807, 2.05) is 0 Å². The lowest BCUT2D eigenvalue weighted by Gasteiger charge is -2.05. The first-order valence-corrected chi connectivity index (χ1v) is 6.07. The van der Waals surface area contributed by atoms with Gasteiger partial charge < -0.3 is 14.8 Å². The van der Waals surface area contributed by atoms with Crippen molar-refractivity contribution in [3.63, 3.8) is 0 Å². The second kappa shape index (κ2) is 7.93. The van der Waals surface area contributed by atoms with E-state index >= 15 is 0 Å². The lowest BCUT2D eigenvalue weighted by molar-refractivity contribution is -0.142. The highest BCUT2D eigenvalue weighted by atomic mass is 16.5. The summed E-state index contributed by atoms with van der Waals surface area (Å²) < 4.78 is 9.41. The third-order valence-corrected chi connectivity index (χ3v) is 2.64. The maximum Gasteiger partial charge on any atom is 0.306 e. The molecule has 0 atom stereocenters. The van der Waals surface area contributed by atoms with Crippen molar-refractivity contribution in [2.75, 3.05) is 20.8 Å². The zero-order valence-electron chi connectivity index (χ0n) is 11.5. The minimum absolute atomic E-state index is 0.000933. The van der Waals surface area contributed by atoms with Crippen LogP contribution < -0.4 is 10.1 Å². The molecule has 1 aromatic rings. The number of Topliss-reactive ketones (excluding diaryl/α,β-unsaturated/α-hetero) is 1. The molecule has 1 rings (SSSR count). The smallest absolute Gasteiger partial charge is 0.306 e. The first-order chi connectivity index (χ1) is 9.56. The molecule has 0 saturated heterocycles. The van der Waals surface area contributed by atoms with Gasteiger partial charge in [0.2, 0.25) is 5.91 Å². The zero-order chi connectivity index (χ0) is 15.0. The molecular weight excluding hydrogens is 262 g/mol. The molecule has 0 unspecified atom stereocenters. The topological polar surface area (TPSA) is 81.7 Å². The summed E-state index contributed by atoms with van der Waals surface area (Å²) in [6, 6.07) is 6.60. The van der Waals surface area contributed by atoms with Crippen LogP contribution in [0.3, 0.4) is 0 Å². The summed E-state index contributed by atoms with van der Waals surface area (Å²) in [4.78, 5) is 34.1. The molecule has 6 heteroatoms. The van der Waals surface area contributed by atoms with Crippen LogP contribution in [0.1, 0.15) is 23.2 Å². The molecule has 0 aliphatic heterocycles. The molecule has 108 valence electrons. The number of methoxy groups -OCH3 is 2. The number of carbonyl (C=O) groups excluding carboxylic acids is 3. The van der Waals surface area contributed by atoms with Gasteiger partial charge in [-0.15, -0.1) is 0 Å². The van der Waals surface area contributed by atoms with Gasteiger partial charge in [0.05, 0.1) is 27.2 Å². The van der Waals surface area contributed by atoms with Gasteiger partial charge in [-0.25, -0.2) is 0 Å². The number of hydrogen-bond acceptors (Lipinski definition) is 5. The quantitative estimate of drug-likeness (QED) is 0.593. The van der Waals surface area contributed by atoms with Crippen LogP contribution in [0.5, 0.6) is 5.75 Å². The third kappa shape index (κ3) is 5.09. The van der Waals surface area contributed by atoms with Crippen LogP contribution >= 0.6 is 0 Å². The molecule has 0 heterocycles. The summed E-state index contributed by atoms with van der Waals surface area (Å²) in [5, 5.41) is 2.46. The maximum absolute atomic E-state index is 11.8. The van der Waals surface area contributed by atoms with Gasteiger partial charge in [-0.2, -0.15) is 0 Å². The number of benzene rings is 1. The number of ether oxygens (including phenoxy) is 2. The third-order valence-electron chi connectivity index (χ3n) is 2.64. The molecule has 1 aromatic carbocycles. The van der Waals surface area contributed by atoms with Gasteiger partial charge in [0.25, 0.3) is 0 Å². The molecule has 0 bridgehead atoms. The first-order valence-electron chi connectivity index (χ1n) is 6.07. The molecule has 0 spiro atoms. The molecule has 0 fully saturated rings. The average molecular weight is 279 g/mol. The van der Waals surface area contributed by atoms with Gasteiger partial charge in [-0.3, -0.25) is 14.4 Å². The predicted molar refractivity (Wildman–Crippen MR) is 71.6 cm³/mol. The number of ketones is 1. The Morgan fingerprint density at radius 3 is 2.25 bits per heavy atom. The monoisotopic (exact) mass is 279 g/mol. The Morgan fingerprint density at radius 2 is 1.70 bits per heavy atom. The highest BCUT2D eigenvalue weighted by Gasteiger charge is 2.10. The standard InChI is InChI=1S/C14H17NO5/c1-19-11-5-3-10(4-6-11)12(16)9-15-13(17)7-8-14(18)20-2/h3-6H,7-9H2,1-2H3,(H,15,17). The largest absolute Gasteiger partial charge is 0.497 e. The second-order valence-electron chi connectivity index (χ2n) is 4.00. The fourth-order valence-corrected chi connectivity index (χ4v) is 1.46. The Kier molecular flexibility index (Phi) is 6.22. The summed E-state index contributed by atoms with van der Waals surface area (Å²) in [5.41, 5.74) is 0.485. The minimum atomic E-state index is -0.457. The van der Waals surface area contributed by atoms with Gasteiger partial charge in [0, 0.05) is 12.0 Å². The Morgan fingerprint density at radius 1 is 1.05 bits per heavy atom. The number of carbonyl (C=O) groups is 3. The van der Waals surface area contributed by atoms with Crippen LogP contribution in [0.25, 0.3) is 0 Å². The number of hydrogen-bond donors (Lipinski definition) is 1. The highest BCUT2D eigenvalue weighted by molar-refractivity contribution is 5.99. The van der Waals surface area contributed by atoms with Gasteiger partial charge >= 0.3 is 5.97 Å². The van der Waals surface area contributed by atoms with Crippen LogP contribution in [-0.2, 0) is 14.3 Å². The highest BCUT2D eigenvalue weighted by Crippen LogP contribution is 2.11. The molecule has 0 aliphatic rings. The molecule has 0 aromatic heterocycles. The average Bonchev–Trinajstić information content (AvgIpc) is 2.50. The van der Waals surface area contributed by atoms with E-state index in [-0.39, 0.29) is 31.1 Å². The summed E-state index contributed by atoms with van der Waals surface area (Å²) in [7, 11) is 2.80. The van der Waals surface area contributed by atoms with Gasteiger partial charge in [-0.1, -0.05) is 0 Å². The van der Waals surface area contributed by atoms with Gasteiger partial charge in [-0.05, 0) is 24.3 Å². The first kappa shape index (κ1) is 15.7. The Labute approximate surface area is 117 Å². The summed E-state index contributed by atoms with van der Waals surface area (Å²) in [6.07, 6.45) is 0.00161. The van der Waals surface area contributed by atoms with E-state index in [4.69, 9.17) is 4.74 Å². The maximum atomic E-state index is 11.8. The van der Waals surface area contributed by atoms with Crippen LogP contribution in [0, 0.1) is 0 Å². The van der Waals surface area contributed by atoms with Gasteiger partial charge in [0.15, 0.2) is 5.78 Å². The van der Waals surface area contributed by atoms with E-state index in [1.165, 1.54) is 7.11 Å². The van der Waals surface area contributed by atoms with E-state index in [0.717, 1.165) is 0 Å². The van der Waals surface area contributed by atoms with Crippen molar-refractivity contribution >= 4 is 17.7 Å². The summed E-state index contributed by atoms with van der Waals surface area (Å²) >= 11 is 0. The van der Waals surface area contributed by atoms with Crippen molar-refractivity contribution in [2.45, 2.75) is 12.8 Å². The minimum Gasteiger partial charge on any atom is -0.497 e. The van der Waals surface area contributed by atoms with Crippen molar-refractivity contribution in [1.82, 2.24) is 5.32 Å². The van der Waals surface area contributed by atoms with Crippen LogP contribution in [-0.4, -0.2) is 38.4 Å². The molecule has 1 N–H and O–H groups in total. The second-order valence-corrected chi connectivity index (χ2v) is 4.00. The van der Waals surface area contributed by atoms with Crippen LogP contribution in [0.4, 0.5) is 0 Å². The van der Waals surface area contributed by atoms with E-state index < -0.39 is 5.97 Å². The number of nitrogens with one attached hydrogen (secondary N) is 1. The van der Waals surface area contributed by atoms with Crippen molar-refractivity contribution < 1.29 is 23.9 Å². The molecule has 20 heavy (non-hydrogen) atoms. The van der Waals surface area contributed by atoms with Crippen LogP contribution in [0.15, 0.2) is 24.3 Å². The van der Waals surface area contributed by atoms with Crippen molar-refractivity contribution in [3.05, 3.63) is 29.8 Å². The van der Waals surface area contributed by atoms with Crippen molar-refractivity contribution in [3.8, 4) is 5.75 Å². The fraction of sp³-hybridized carbons (Fsp3) is 0.357. The van der Waals surface area contributed by atoms with E-state index in [9.17, 15) is 14.4 Å². The zero-order valence-corrected chi connectivity index (χ0v) is 11.5. The molecule has 0 radical (unpaired) electrons. The molecule has 0 saturated carbocycles. The summed E-state index contributed by atoms with van der Waals surface area (Å²) in [5.74, 6) is -0.373. The SMILES string of the molecule is COC(=O)CCC(=O)NCC(=O)c1ccc(OC)cc1. The fourth-order valence-electron chi connectivity index (χ4n) is 1.46. The molecule has 6 nitrogen and oxygen atoms in total. The molecule has 1 amide bonds. The summed E-state index contributed by atoms with van der Waals surface area (Å²) in [6.45, 7) is -0.105. The van der Waals surface area contributed by atoms with Crippen molar-refractivity contribution in [2.24, 2.45) is 0 Å². The lowest BCUT2D eigenvalue weighted by atomic mass is 10.1. The van der Waals surface area contributed by atoms with Crippen LogP contribution in [0.2, 0.25) is 0 Å². The number of amides is 1. The molecular formula is C14H17NO5. The van der Waals surface area contributed by atoms with E-state index in [0.29, 0.717) is 11.3 Å².